The van der Waals surface area contributed by atoms with E-state index in [1.54, 1.807) is 14.0 Å². The second-order valence-corrected chi connectivity index (χ2v) is 6.73. The van der Waals surface area contributed by atoms with Crippen LogP contribution in [0.25, 0.3) is 10.1 Å². The molecule has 2 atom stereocenters. The fraction of sp³-hybridized carbons (Fsp3) is 0.444. The van der Waals surface area contributed by atoms with Gasteiger partial charge in [0.15, 0.2) is 5.78 Å². The average molecular weight is 350 g/mol. The van der Waals surface area contributed by atoms with Crippen molar-refractivity contribution >= 4 is 33.2 Å². The number of Topliss-reactive ketones (excluding diaryl/α,β-unsaturated/α-hetero) is 1. The van der Waals surface area contributed by atoms with E-state index in [1.807, 2.05) is 25.1 Å². The van der Waals surface area contributed by atoms with E-state index in [-0.39, 0.29) is 12.2 Å². The zero-order valence-corrected chi connectivity index (χ0v) is 15.1. The molecule has 6 heteroatoms. The van der Waals surface area contributed by atoms with E-state index in [2.05, 4.69) is 4.74 Å². The zero-order valence-electron chi connectivity index (χ0n) is 14.3. The summed E-state index contributed by atoms with van der Waals surface area (Å²) >= 11 is 1.32. The van der Waals surface area contributed by atoms with Gasteiger partial charge in [-0.25, -0.2) is 0 Å². The number of methoxy groups -OCH3 is 2. The molecule has 1 heterocycles. The number of aliphatic hydroxyl groups is 1. The molecule has 24 heavy (non-hydrogen) atoms. The molecule has 0 saturated heterocycles. The highest BCUT2D eigenvalue weighted by atomic mass is 32.1. The molecule has 0 aliphatic rings. The summed E-state index contributed by atoms with van der Waals surface area (Å²) < 4.78 is 10.8. The van der Waals surface area contributed by atoms with Gasteiger partial charge in [0.05, 0.1) is 31.1 Å². The van der Waals surface area contributed by atoms with E-state index in [0.29, 0.717) is 22.6 Å². The molecule has 1 aromatic carbocycles. The third-order valence-electron chi connectivity index (χ3n) is 4.00. The van der Waals surface area contributed by atoms with Crippen molar-refractivity contribution in [1.82, 2.24) is 0 Å². The predicted molar refractivity (Wildman–Crippen MR) is 93.8 cm³/mol. The largest absolute Gasteiger partial charge is 0.497 e. The van der Waals surface area contributed by atoms with Gasteiger partial charge < -0.3 is 14.6 Å². The minimum absolute atomic E-state index is 0.0556. The first-order valence-corrected chi connectivity index (χ1v) is 8.64. The van der Waals surface area contributed by atoms with Gasteiger partial charge in [0, 0.05) is 16.7 Å². The Morgan fingerprint density at radius 1 is 1.29 bits per heavy atom. The summed E-state index contributed by atoms with van der Waals surface area (Å²) in [6.45, 7) is 3.53. The van der Waals surface area contributed by atoms with E-state index in [9.17, 15) is 14.7 Å². The molecule has 2 rings (SSSR count). The Balaban J connectivity index is 2.47. The molecule has 0 fully saturated rings. The molecule has 1 N–H and O–H groups in total. The van der Waals surface area contributed by atoms with Crippen LogP contribution in [0.15, 0.2) is 18.2 Å². The van der Waals surface area contributed by atoms with Crippen molar-refractivity contribution in [2.75, 3.05) is 14.2 Å². The monoisotopic (exact) mass is 350 g/mol. The molecule has 0 saturated carbocycles. The standard InChI is InChI=1S/C18H22O5S/c1-5-13(19)16-12-7-6-11(22-3)9-15(12)24-17(16)14(20)8-10(2)18(21)23-4/h6-7,9-10,13,19H,5,8H2,1-4H3. The molecule has 1 aromatic heterocycles. The van der Waals surface area contributed by atoms with Gasteiger partial charge in [-0.2, -0.15) is 0 Å². The first kappa shape index (κ1) is 18.4. The van der Waals surface area contributed by atoms with Crippen LogP contribution in [0.4, 0.5) is 0 Å². The van der Waals surface area contributed by atoms with Crippen LogP contribution >= 0.6 is 11.3 Å². The predicted octanol–water partition coefficient (Wildman–Crippen LogP) is 3.74. The molecule has 2 unspecified atom stereocenters. The quantitative estimate of drug-likeness (QED) is 0.608. The maximum atomic E-state index is 12.7. The Kier molecular flexibility index (Phi) is 5.96. The lowest BCUT2D eigenvalue weighted by Crippen LogP contribution is -2.17. The molecule has 0 spiro atoms. The number of fused-ring (bicyclic) bond motifs is 1. The van der Waals surface area contributed by atoms with Crippen molar-refractivity contribution in [1.29, 1.82) is 0 Å². The lowest BCUT2D eigenvalue weighted by molar-refractivity contribution is -0.144. The summed E-state index contributed by atoms with van der Waals surface area (Å²) in [5.41, 5.74) is 0.641. The summed E-state index contributed by atoms with van der Waals surface area (Å²) in [5, 5.41) is 11.2. The van der Waals surface area contributed by atoms with Crippen LogP contribution in [0.5, 0.6) is 5.75 Å². The average Bonchev–Trinajstić information content (AvgIpc) is 2.98. The number of ether oxygens (including phenoxy) is 2. The van der Waals surface area contributed by atoms with Gasteiger partial charge in [-0.1, -0.05) is 13.8 Å². The molecule has 2 aromatic rings. The van der Waals surface area contributed by atoms with Gasteiger partial charge in [-0.3, -0.25) is 9.59 Å². The van der Waals surface area contributed by atoms with Crippen LogP contribution in [0.1, 0.15) is 48.0 Å². The van der Waals surface area contributed by atoms with Gasteiger partial charge in [-0.05, 0) is 30.0 Å². The number of rotatable bonds is 7. The topological polar surface area (TPSA) is 72.8 Å². The van der Waals surface area contributed by atoms with E-state index in [0.717, 1.165) is 10.1 Å². The lowest BCUT2D eigenvalue weighted by Gasteiger charge is -2.12. The number of carbonyl (C=O) groups is 2. The summed E-state index contributed by atoms with van der Waals surface area (Å²) in [6.07, 6.45) is -0.162. The van der Waals surface area contributed by atoms with Gasteiger partial charge in [0.1, 0.15) is 5.75 Å². The van der Waals surface area contributed by atoms with E-state index in [1.165, 1.54) is 18.4 Å². The lowest BCUT2D eigenvalue weighted by atomic mass is 9.97. The van der Waals surface area contributed by atoms with E-state index < -0.39 is 18.0 Å². The Labute approximate surface area is 145 Å². The Morgan fingerprint density at radius 2 is 2.00 bits per heavy atom. The molecule has 0 radical (unpaired) electrons. The van der Waals surface area contributed by atoms with Crippen molar-refractivity contribution in [2.24, 2.45) is 5.92 Å². The summed E-state index contributed by atoms with van der Waals surface area (Å²) in [7, 11) is 2.89. The van der Waals surface area contributed by atoms with Gasteiger partial charge >= 0.3 is 5.97 Å². The maximum Gasteiger partial charge on any atom is 0.308 e. The Bertz CT molecular complexity index is 749. The van der Waals surface area contributed by atoms with Gasteiger partial charge in [-0.15, -0.1) is 11.3 Å². The third-order valence-corrected chi connectivity index (χ3v) is 5.21. The molecule has 0 amide bonds. The van der Waals surface area contributed by atoms with Crippen molar-refractivity contribution in [3.05, 3.63) is 28.6 Å². The number of hydrogen-bond acceptors (Lipinski definition) is 6. The molecule has 0 bridgehead atoms. The highest BCUT2D eigenvalue weighted by Crippen LogP contribution is 2.39. The number of esters is 1. The number of hydrogen-bond donors (Lipinski definition) is 1. The summed E-state index contributed by atoms with van der Waals surface area (Å²) in [4.78, 5) is 24.8. The SMILES string of the molecule is CCC(O)c1c(C(=O)CC(C)C(=O)OC)sc2cc(OC)ccc12. The van der Waals surface area contributed by atoms with Crippen molar-refractivity contribution in [3.8, 4) is 5.75 Å². The smallest absolute Gasteiger partial charge is 0.308 e. The minimum atomic E-state index is -0.723. The molecule has 5 nitrogen and oxygen atoms in total. The molecular formula is C18H22O5S. The van der Waals surface area contributed by atoms with Crippen molar-refractivity contribution in [2.45, 2.75) is 32.8 Å². The maximum absolute atomic E-state index is 12.7. The van der Waals surface area contributed by atoms with Crippen molar-refractivity contribution in [3.63, 3.8) is 0 Å². The number of aliphatic hydroxyl groups excluding tert-OH is 1. The fourth-order valence-corrected chi connectivity index (χ4v) is 3.86. The number of thiophene rings is 1. The van der Waals surface area contributed by atoms with Gasteiger partial charge in [0.2, 0.25) is 0 Å². The van der Waals surface area contributed by atoms with Crippen molar-refractivity contribution < 1.29 is 24.2 Å². The molecule has 130 valence electrons. The highest BCUT2D eigenvalue weighted by molar-refractivity contribution is 7.21. The second kappa shape index (κ2) is 7.77. The minimum Gasteiger partial charge on any atom is -0.497 e. The van der Waals surface area contributed by atoms with Crippen LogP contribution in [0, 0.1) is 5.92 Å². The Hall–Kier alpha value is -1.92. The normalized spacial score (nSPS) is 13.5. The van der Waals surface area contributed by atoms with E-state index >= 15 is 0 Å². The second-order valence-electron chi connectivity index (χ2n) is 5.68. The summed E-state index contributed by atoms with van der Waals surface area (Å²) in [6, 6.07) is 5.53. The van der Waals surface area contributed by atoms with Crippen LogP contribution in [0.3, 0.4) is 0 Å². The van der Waals surface area contributed by atoms with Gasteiger partial charge in [0.25, 0.3) is 0 Å². The molecular weight excluding hydrogens is 328 g/mol. The first-order valence-electron chi connectivity index (χ1n) is 7.82. The third kappa shape index (κ3) is 3.60. The first-order chi connectivity index (χ1) is 11.4. The van der Waals surface area contributed by atoms with Crippen LogP contribution < -0.4 is 4.74 Å². The van der Waals surface area contributed by atoms with Crippen LogP contribution in [0.2, 0.25) is 0 Å². The number of carbonyl (C=O) groups excluding carboxylic acids is 2. The highest BCUT2D eigenvalue weighted by Gasteiger charge is 2.26. The number of benzene rings is 1. The molecule has 0 aliphatic heterocycles. The van der Waals surface area contributed by atoms with Crippen LogP contribution in [-0.4, -0.2) is 31.1 Å². The fourth-order valence-electron chi connectivity index (χ4n) is 2.62. The molecule has 0 aliphatic carbocycles. The summed E-state index contributed by atoms with van der Waals surface area (Å²) in [5.74, 6) is -0.392. The Morgan fingerprint density at radius 3 is 2.58 bits per heavy atom. The van der Waals surface area contributed by atoms with Crippen LogP contribution in [-0.2, 0) is 9.53 Å². The number of ketones is 1. The zero-order chi connectivity index (χ0) is 17.9. The van der Waals surface area contributed by atoms with E-state index in [4.69, 9.17) is 4.74 Å².